The summed E-state index contributed by atoms with van der Waals surface area (Å²) in [4.78, 5) is 12.4. The lowest BCUT2D eigenvalue weighted by Gasteiger charge is -2.23. The van der Waals surface area contributed by atoms with Crippen molar-refractivity contribution < 1.29 is 9.66 Å². The molecule has 18 heavy (non-hydrogen) atoms. The van der Waals surface area contributed by atoms with Gasteiger partial charge in [0.15, 0.2) is 0 Å². The summed E-state index contributed by atoms with van der Waals surface area (Å²) < 4.78 is 5.07. The number of hydrogen-bond donors (Lipinski definition) is 0. The van der Waals surface area contributed by atoms with Crippen molar-refractivity contribution in [3.8, 4) is 0 Å². The van der Waals surface area contributed by atoms with Gasteiger partial charge in [0.05, 0.1) is 11.5 Å². The first kappa shape index (κ1) is 14.9. The number of methoxy groups -OCH3 is 1. The van der Waals surface area contributed by atoms with Crippen LogP contribution in [0, 0.1) is 10.1 Å². The lowest BCUT2D eigenvalue weighted by Crippen LogP contribution is -2.32. The summed E-state index contributed by atoms with van der Waals surface area (Å²) in [6.07, 6.45) is 0. The van der Waals surface area contributed by atoms with Gasteiger partial charge in [-0.15, -0.1) is 0 Å². The van der Waals surface area contributed by atoms with Crippen molar-refractivity contribution in [1.82, 2.24) is 4.90 Å². The first-order valence-electron chi connectivity index (χ1n) is 5.57. The minimum Gasteiger partial charge on any atom is -0.383 e. The van der Waals surface area contributed by atoms with E-state index in [9.17, 15) is 10.1 Å². The molecule has 0 aliphatic carbocycles. The number of halogens is 1. The number of nitro groups is 1. The van der Waals surface area contributed by atoms with Crippen LogP contribution >= 0.6 is 11.6 Å². The van der Waals surface area contributed by atoms with Gasteiger partial charge in [0.1, 0.15) is 5.02 Å². The maximum atomic E-state index is 10.8. The van der Waals surface area contributed by atoms with Gasteiger partial charge in [0.25, 0.3) is 5.69 Å². The van der Waals surface area contributed by atoms with E-state index in [4.69, 9.17) is 16.3 Å². The maximum Gasteiger partial charge on any atom is 0.288 e. The number of nitrogens with zero attached hydrogens (tertiary/aromatic N) is 2. The van der Waals surface area contributed by atoms with Crippen molar-refractivity contribution in [3.63, 3.8) is 0 Å². The molecule has 0 fully saturated rings. The summed E-state index contributed by atoms with van der Waals surface area (Å²) >= 11 is 5.76. The van der Waals surface area contributed by atoms with Gasteiger partial charge in [0.2, 0.25) is 0 Å². The van der Waals surface area contributed by atoms with Crippen LogP contribution in [0.3, 0.4) is 0 Å². The Hall–Kier alpha value is -1.17. The number of nitro benzene ring substituents is 1. The summed E-state index contributed by atoms with van der Waals surface area (Å²) in [5, 5.41) is 10.9. The van der Waals surface area contributed by atoms with Crippen molar-refractivity contribution in [1.29, 1.82) is 0 Å². The third kappa shape index (κ3) is 3.94. The standard InChI is InChI=1S/C12H17ClN2O3/c1-9(8-18-3)14(2)7-10-4-5-11(13)12(6-10)15(16)17/h4-6,9H,7-8H2,1-3H3. The average molecular weight is 273 g/mol. The fraction of sp³-hybridized carbons (Fsp3) is 0.500. The quantitative estimate of drug-likeness (QED) is 0.590. The van der Waals surface area contributed by atoms with Crippen LogP contribution in [0.2, 0.25) is 5.02 Å². The summed E-state index contributed by atoms with van der Waals surface area (Å²) in [6, 6.07) is 5.11. The largest absolute Gasteiger partial charge is 0.383 e. The molecule has 5 nitrogen and oxygen atoms in total. The van der Waals surface area contributed by atoms with E-state index in [0.29, 0.717) is 13.2 Å². The maximum absolute atomic E-state index is 10.8. The topological polar surface area (TPSA) is 55.6 Å². The third-order valence-electron chi connectivity index (χ3n) is 2.80. The van der Waals surface area contributed by atoms with E-state index in [1.807, 2.05) is 14.0 Å². The Labute approximate surface area is 111 Å². The molecule has 100 valence electrons. The number of benzene rings is 1. The Morgan fingerprint density at radius 3 is 2.78 bits per heavy atom. The van der Waals surface area contributed by atoms with E-state index >= 15 is 0 Å². The Morgan fingerprint density at radius 1 is 1.56 bits per heavy atom. The van der Waals surface area contributed by atoms with E-state index < -0.39 is 4.92 Å². The second kappa shape index (κ2) is 6.68. The Morgan fingerprint density at radius 2 is 2.22 bits per heavy atom. The Bertz CT molecular complexity index is 426. The number of ether oxygens (including phenoxy) is 1. The highest BCUT2D eigenvalue weighted by Crippen LogP contribution is 2.25. The molecule has 0 spiro atoms. The summed E-state index contributed by atoms with van der Waals surface area (Å²) in [7, 11) is 3.60. The van der Waals surface area contributed by atoms with Gasteiger partial charge in [-0.2, -0.15) is 0 Å². The molecule has 1 aromatic carbocycles. The molecule has 0 saturated carbocycles. The predicted octanol–water partition coefficient (Wildman–Crippen LogP) is 2.71. The van der Waals surface area contributed by atoms with Gasteiger partial charge in [0, 0.05) is 25.8 Å². The van der Waals surface area contributed by atoms with E-state index in [1.54, 1.807) is 19.2 Å². The molecule has 0 saturated heterocycles. The molecule has 1 rings (SSSR count). The SMILES string of the molecule is COCC(C)N(C)Cc1ccc(Cl)c([N+](=O)[O-])c1. The molecule has 0 bridgehead atoms. The first-order valence-corrected chi connectivity index (χ1v) is 5.95. The Kier molecular flexibility index (Phi) is 5.53. The van der Waals surface area contributed by atoms with Gasteiger partial charge in [-0.05, 0) is 25.6 Å². The first-order chi connectivity index (χ1) is 8.45. The van der Waals surface area contributed by atoms with E-state index in [0.717, 1.165) is 5.56 Å². The normalized spacial score (nSPS) is 12.7. The van der Waals surface area contributed by atoms with Crippen LogP contribution in [0.1, 0.15) is 12.5 Å². The zero-order chi connectivity index (χ0) is 13.7. The van der Waals surface area contributed by atoms with E-state index in [1.165, 1.54) is 6.07 Å². The molecule has 1 aromatic rings. The average Bonchev–Trinajstić information content (AvgIpc) is 2.31. The molecule has 0 aliphatic heterocycles. The molecule has 0 N–H and O–H groups in total. The van der Waals surface area contributed by atoms with Gasteiger partial charge >= 0.3 is 0 Å². The smallest absolute Gasteiger partial charge is 0.288 e. The van der Waals surface area contributed by atoms with Crippen molar-refractivity contribution >= 4 is 17.3 Å². The van der Waals surface area contributed by atoms with Crippen LogP contribution in [0.5, 0.6) is 0 Å². The third-order valence-corrected chi connectivity index (χ3v) is 3.12. The van der Waals surface area contributed by atoms with Gasteiger partial charge in [-0.3, -0.25) is 15.0 Å². The minimum absolute atomic E-state index is 0.0537. The second-order valence-corrected chi connectivity index (χ2v) is 4.67. The van der Waals surface area contributed by atoms with Crippen LogP contribution in [0.15, 0.2) is 18.2 Å². The lowest BCUT2D eigenvalue weighted by atomic mass is 10.1. The van der Waals surface area contributed by atoms with Crippen LogP contribution < -0.4 is 0 Å². The zero-order valence-corrected chi connectivity index (χ0v) is 11.5. The van der Waals surface area contributed by atoms with Gasteiger partial charge in [-0.1, -0.05) is 17.7 Å². The van der Waals surface area contributed by atoms with Crippen molar-refractivity contribution in [2.45, 2.75) is 19.5 Å². The highest BCUT2D eigenvalue weighted by molar-refractivity contribution is 6.32. The highest BCUT2D eigenvalue weighted by atomic mass is 35.5. The molecule has 0 radical (unpaired) electrons. The fourth-order valence-electron chi connectivity index (χ4n) is 1.61. The van der Waals surface area contributed by atoms with Gasteiger partial charge in [-0.25, -0.2) is 0 Å². The molecule has 1 unspecified atom stereocenters. The molecular formula is C12H17ClN2O3. The Balaban J connectivity index is 2.79. The molecule has 0 heterocycles. The number of hydrogen-bond acceptors (Lipinski definition) is 4. The van der Waals surface area contributed by atoms with E-state index in [2.05, 4.69) is 4.90 Å². The van der Waals surface area contributed by atoms with Crippen LogP contribution in [0.4, 0.5) is 5.69 Å². The fourth-order valence-corrected chi connectivity index (χ4v) is 1.80. The zero-order valence-electron chi connectivity index (χ0n) is 10.7. The number of rotatable bonds is 6. The van der Waals surface area contributed by atoms with E-state index in [-0.39, 0.29) is 16.8 Å². The molecule has 0 amide bonds. The summed E-state index contributed by atoms with van der Waals surface area (Å²) in [5.41, 5.74) is 0.804. The van der Waals surface area contributed by atoms with Gasteiger partial charge < -0.3 is 4.74 Å². The molecule has 0 aromatic heterocycles. The summed E-state index contributed by atoms with van der Waals surface area (Å²) in [5.74, 6) is 0. The monoisotopic (exact) mass is 272 g/mol. The molecule has 1 atom stereocenters. The molecular weight excluding hydrogens is 256 g/mol. The second-order valence-electron chi connectivity index (χ2n) is 4.26. The van der Waals surface area contributed by atoms with Crippen molar-refractivity contribution in [2.24, 2.45) is 0 Å². The van der Waals surface area contributed by atoms with Crippen LogP contribution in [-0.2, 0) is 11.3 Å². The van der Waals surface area contributed by atoms with Crippen LogP contribution in [0.25, 0.3) is 0 Å². The van der Waals surface area contributed by atoms with Crippen LogP contribution in [-0.4, -0.2) is 36.6 Å². The lowest BCUT2D eigenvalue weighted by molar-refractivity contribution is -0.384. The minimum atomic E-state index is -0.468. The molecule has 6 heteroatoms. The van der Waals surface area contributed by atoms with Crippen molar-refractivity contribution in [2.75, 3.05) is 20.8 Å². The van der Waals surface area contributed by atoms with Crippen molar-refractivity contribution in [3.05, 3.63) is 38.9 Å². The number of likely N-dealkylation sites (N-methyl/N-ethyl adjacent to an activating group) is 1. The molecule has 0 aliphatic rings. The summed E-state index contributed by atoms with van der Waals surface area (Å²) in [6.45, 7) is 3.27. The predicted molar refractivity (Wildman–Crippen MR) is 70.9 cm³/mol. The highest BCUT2D eigenvalue weighted by Gasteiger charge is 2.15.